The number of esters is 1. The highest BCUT2D eigenvalue weighted by Crippen LogP contribution is 2.17. The monoisotopic (exact) mass is 405 g/mol. The van der Waals surface area contributed by atoms with Gasteiger partial charge in [0.25, 0.3) is 0 Å². The minimum atomic E-state index is -0.799. The molecular weight excluding hydrogens is 374 g/mol. The minimum absolute atomic E-state index is 0.0250. The predicted molar refractivity (Wildman–Crippen MR) is 109 cm³/mol. The maximum atomic E-state index is 12.3. The highest BCUT2D eigenvalue weighted by molar-refractivity contribution is 5.91. The number of carbonyl (C=O) groups is 4. The van der Waals surface area contributed by atoms with Gasteiger partial charge in [-0.25, -0.2) is 0 Å². The van der Waals surface area contributed by atoms with Crippen LogP contribution in [-0.4, -0.2) is 49.9 Å². The molecule has 0 saturated heterocycles. The van der Waals surface area contributed by atoms with E-state index in [4.69, 9.17) is 0 Å². The molecule has 8 heteroatoms. The fourth-order valence-electron chi connectivity index (χ4n) is 2.73. The first-order chi connectivity index (χ1) is 13.7. The molecule has 0 saturated carbocycles. The van der Waals surface area contributed by atoms with Gasteiger partial charge < -0.3 is 20.7 Å². The van der Waals surface area contributed by atoms with E-state index in [-0.39, 0.29) is 37.3 Å². The van der Waals surface area contributed by atoms with Crippen LogP contribution in [0.4, 0.5) is 0 Å². The zero-order chi connectivity index (χ0) is 21.8. The van der Waals surface area contributed by atoms with Crippen molar-refractivity contribution in [1.82, 2.24) is 16.0 Å². The van der Waals surface area contributed by atoms with Gasteiger partial charge in [-0.3, -0.25) is 19.2 Å². The molecule has 3 amide bonds. The molecule has 0 heterocycles. The number of benzene rings is 1. The zero-order valence-corrected chi connectivity index (χ0v) is 17.5. The fraction of sp³-hybridized carbons (Fsp3) is 0.524. The van der Waals surface area contributed by atoms with E-state index < -0.39 is 23.8 Å². The Bertz CT molecular complexity index is 691. The molecule has 29 heavy (non-hydrogen) atoms. The minimum Gasteiger partial charge on any atom is -0.468 e. The zero-order valence-electron chi connectivity index (χ0n) is 17.5. The fourth-order valence-corrected chi connectivity index (χ4v) is 2.73. The maximum absolute atomic E-state index is 12.3. The summed E-state index contributed by atoms with van der Waals surface area (Å²) in [5.74, 6) is -1.59. The van der Waals surface area contributed by atoms with Gasteiger partial charge in [-0.05, 0) is 23.8 Å². The van der Waals surface area contributed by atoms with Crippen LogP contribution in [0.5, 0.6) is 0 Å². The van der Waals surface area contributed by atoms with Gasteiger partial charge in [0.2, 0.25) is 17.7 Å². The summed E-state index contributed by atoms with van der Waals surface area (Å²) >= 11 is 0. The van der Waals surface area contributed by atoms with E-state index in [1.807, 2.05) is 51.1 Å². The molecule has 2 atom stereocenters. The number of carbonyl (C=O) groups excluding carboxylic acids is 4. The van der Waals surface area contributed by atoms with Gasteiger partial charge in [0, 0.05) is 6.42 Å². The van der Waals surface area contributed by atoms with E-state index in [0.29, 0.717) is 6.42 Å². The summed E-state index contributed by atoms with van der Waals surface area (Å²) in [5.41, 5.74) is 1.05. The van der Waals surface area contributed by atoms with Crippen molar-refractivity contribution in [3.05, 3.63) is 35.9 Å². The van der Waals surface area contributed by atoms with E-state index in [0.717, 1.165) is 5.56 Å². The Kier molecular flexibility index (Phi) is 10.4. The van der Waals surface area contributed by atoms with E-state index in [1.165, 1.54) is 7.11 Å². The molecule has 2 unspecified atom stereocenters. The number of nitrogens with one attached hydrogen (secondary N) is 3. The predicted octanol–water partition coefficient (Wildman–Crippen LogP) is 1.12. The lowest BCUT2D eigenvalue weighted by molar-refractivity contribution is -0.141. The van der Waals surface area contributed by atoms with Crippen LogP contribution in [0.2, 0.25) is 0 Å². The lowest BCUT2D eigenvalue weighted by atomic mass is 9.98. The molecule has 0 bridgehead atoms. The summed E-state index contributed by atoms with van der Waals surface area (Å²) in [7, 11) is 1.23. The van der Waals surface area contributed by atoms with Crippen LogP contribution in [0.3, 0.4) is 0 Å². The Morgan fingerprint density at radius 1 is 0.931 bits per heavy atom. The molecule has 1 aromatic rings. The first-order valence-electron chi connectivity index (χ1n) is 9.68. The first kappa shape index (κ1) is 24.1. The van der Waals surface area contributed by atoms with Crippen molar-refractivity contribution < 1.29 is 23.9 Å². The van der Waals surface area contributed by atoms with Gasteiger partial charge in [0.1, 0.15) is 12.6 Å². The summed E-state index contributed by atoms with van der Waals surface area (Å²) in [6.07, 6.45) is 0.657. The standard InChI is InChI=1S/C21H31N3O5/c1-14(2)10-17(21(28)23-13-20(27)29-4)24-19(26)12-22-18(25)11-15(3)16-8-6-5-7-9-16/h5-9,14-15,17H,10-13H2,1-4H3,(H,22,25)(H,23,28)(H,24,26). The number of hydrogen-bond donors (Lipinski definition) is 3. The molecular formula is C21H31N3O5. The normalized spacial score (nSPS) is 12.6. The summed E-state index contributed by atoms with van der Waals surface area (Å²) in [6.45, 7) is 5.28. The topological polar surface area (TPSA) is 114 Å². The van der Waals surface area contributed by atoms with Crippen molar-refractivity contribution in [1.29, 1.82) is 0 Å². The highest BCUT2D eigenvalue weighted by atomic mass is 16.5. The average molecular weight is 405 g/mol. The van der Waals surface area contributed by atoms with Crippen molar-refractivity contribution in [3.8, 4) is 0 Å². The Morgan fingerprint density at radius 2 is 1.59 bits per heavy atom. The van der Waals surface area contributed by atoms with Crippen LogP contribution in [-0.2, 0) is 23.9 Å². The third-order valence-electron chi connectivity index (χ3n) is 4.30. The lowest BCUT2D eigenvalue weighted by Crippen LogP contribution is -2.50. The number of rotatable bonds is 11. The number of ether oxygens (including phenoxy) is 1. The average Bonchev–Trinajstić information content (AvgIpc) is 2.69. The SMILES string of the molecule is COC(=O)CNC(=O)C(CC(C)C)NC(=O)CNC(=O)CC(C)c1ccccc1. The third kappa shape index (κ3) is 9.73. The summed E-state index contributed by atoms with van der Waals surface area (Å²) in [5, 5.41) is 7.63. The van der Waals surface area contributed by atoms with Crippen LogP contribution >= 0.6 is 0 Å². The molecule has 0 radical (unpaired) electrons. The Balaban J connectivity index is 2.49. The van der Waals surface area contributed by atoms with E-state index in [2.05, 4.69) is 20.7 Å². The van der Waals surface area contributed by atoms with Crippen LogP contribution in [0.15, 0.2) is 30.3 Å². The van der Waals surface area contributed by atoms with Crippen LogP contribution in [0.25, 0.3) is 0 Å². The van der Waals surface area contributed by atoms with E-state index in [1.54, 1.807) is 0 Å². The van der Waals surface area contributed by atoms with Crippen LogP contribution in [0.1, 0.15) is 45.1 Å². The van der Waals surface area contributed by atoms with Crippen molar-refractivity contribution in [2.75, 3.05) is 20.2 Å². The molecule has 0 aromatic heterocycles. The summed E-state index contributed by atoms with van der Waals surface area (Å²) in [6, 6.07) is 8.85. The second-order valence-electron chi connectivity index (χ2n) is 7.34. The van der Waals surface area contributed by atoms with Gasteiger partial charge in [-0.1, -0.05) is 51.1 Å². The third-order valence-corrected chi connectivity index (χ3v) is 4.30. The molecule has 3 N–H and O–H groups in total. The second-order valence-corrected chi connectivity index (χ2v) is 7.34. The maximum Gasteiger partial charge on any atom is 0.325 e. The lowest BCUT2D eigenvalue weighted by Gasteiger charge is -2.20. The molecule has 8 nitrogen and oxygen atoms in total. The molecule has 0 aliphatic carbocycles. The smallest absolute Gasteiger partial charge is 0.325 e. The Hall–Kier alpha value is -2.90. The van der Waals surface area contributed by atoms with Gasteiger partial charge >= 0.3 is 5.97 Å². The number of hydrogen-bond acceptors (Lipinski definition) is 5. The van der Waals surface area contributed by atoms with Crippen molar-refractivity contribution in [2.45, 2.75) is 45.6 Å². The quantitative estimate of drug-likeness (QED) is 0.478. The van der Waals surface area contributed by atoms with Crippen molar-refractivity contribution in [3.63, 3.8) is 0 Å². The van der Waals surface area contributed by atoms with Gasteiger partial charge in [-0.2, -0.15) is 0 Å². The summed E-state index contributed by atoms with van der Waals surface area (Å²) < 4.78 is 4.48. The number of amides is 3. The van der Waals surface area contributed by atoms with Gasteiger partial charge in [0.05, 0.1) is 13.7 Å². The highest BCUT2D eigenvalue weighted by Gasteiger charge is 2.22. The second kappa shape index (κ2) is 12.5. The first-order valence-corrected chi connectivity index (χ1v) is 9.68. The number of methoxy groups -OCH3 is 1. The van der Waals surface area contributed by atoms with Crippen molar-refractivity contribution in [2.24, 2.45) is 5.92 Å². The molecule has 1 rings (SSSR count). The Morgan fingerprint density at radius 3 is 2.17 bits per heavy atom. The Labute approximate surface area is 171 Å². The van der Waals surface area contributed by atoms with Crippen LogP contribution < -0.4 is 16.0 Å². The largest absolute Gasteiger partial charge is 0.468 e. The summed E-state index contributed by atoms with van der Waals surface area (Å²) in [4.78, 5) is 47.7. The molecule has 0 aliphatic rings. The molecule has 0 fully saturated rings. The van der Waals surface area contributed by atoms with Crippen LogP contribution in [0, 0.1) is 5.92 Å². The molecule has 1 aromatic carbocycles. The van der Waals surface area contributed by atoms with Crippen molar-refractivity contribution >= 4 is 23.7 Å². The van der Waals surface area contributed by atoms with Gasteiger partial charge in [-0.15, -0.1) is 0 Å². The van der Waals surface area contributed by atoms with E-state index >= 15 is 0 Å². The van der Waals surface area contributed by atoms with E-state index in [9.17, 15) is 19.2 Å². The molecule has 160 valence electrons. The molecule has 0 aliphatic heterocycles. The van der Waals surface area contributed by atoms with Gasteiger partial charge in [0.15, 0.2) is 0 Å². The molecule has 0 spiro atoms.